The number of rotatable bonds is 3. The molecule has 1 aromatic carbocycles. The minimum atomic E-state index is 0.736. The third-order valence-corrected chi connectivity index (χ3v) is 5.83. The number of methoxy groups -OCH3 is 2. The molecule has 6 heteroatoms. The molecule has 0 saturated carbocycles. The first-order chi connectivity index (χ1) is 16.6. The quantitative estimate of drug-likeness (QED) is 0.333. The summed E-state index contributed by atoms with van der Waals surface area (Å²) in [6.07, 6.45) is 8.03. The summed E-state index contributed by atoms with van der Waals surface area (Å²) >= 11 is 0. The van der Waals surface area contributed by atoms with Crippen molar-refractivity contribution in [2.75, 3.05) is 14.2 Å². The Morgan fingerprint density at radius 1 is 0.559 bits per heavy atom. The van der Waals surface area contributed by atoms with Gasteiger partial charge in [-0.1, -0.05) is 0 Å². The van der Waals surface area contributed by atoms with Gasteiger partial charge in [0.2, 0.25) is 0 Å². The van der Waals surface area contributed by atoms with E-state index in [1.165, 1.54) is 0 Å². The first kappa shape index (κ1) is 20.1. The smallest absolute Gasteiger partial charge is 0.123 e. The van der Waals surface area contributed by atoms with Crippen LogP contribution in [0, 0.1) is 0 Å². The molecule has 6 nitrogen and oxygen atoms in total. The van der Waals surface area contributed by atoms with Crippen molar-refractivity contribution in [3.8, 4) is 22.6 Å². The van der Waals surface area contributed by atoms with Crippen LogP contribution in [0.2, 0.25) is 0 Å². The molecule has 34 heavy (non-hydrogen) atoms. The van der Waals surface area contributed by atoms with Gasteiger partial charge >= 0.3 is 0 Å². The molecule has 0 radical (unpaired) electrons. The topological polar surface area (TPSA) is 75.8 Å². The number of benzene rings is 1. The van der Waals surface area contributed by atoms with E-state index >= 15 is 0 Å². The number of hydrogen-bond donors (Lipinski definition) is 2. The summed E-state index contributed by atoms with van der Waals surface area (Å²) in [5, 5.41) is 0. The Hall–Kier alpha value is -4.58. The molecule has 2 aliphatic rings. The number of ether oxygens (including phenoxy) is 2. The number of H-pyrrole nitrogens is 2. The zero-order valence-corrected chi connectivity index (χ0v) is 18.8. The van der Waals surface area contributed by atoms with Crippen molar-refractivity contribution < 1.29 is 9.47 Å². The minimum absolute atomic E-state index is 0.736. The maximum Gasteiger partial charge on any atom is 0.123 e. The predicted octanol–water partition coefficient (Wildman–Crippen LogP) is 6.34. The van der Waals surface area contributed by atoms with Crippen LogP contribution in [0.1, 0.15) is 22.8 Å². The lowest BCUT2D eigenvalue weighted by Gasteiger charge is -2.07. The lowest BCUT2D eigenvalue weighted by atomic mass is 10.1. The number of nitrogens with zero attached hydrogens (tertiary/aromatic N) is 2. The van der Waals surface area contributed by atoms with Crippen LogP contribution in [0.5, 0.6) is 11.5 Å². The summed E-state index contributed by atoms with van der Waals surface area (Å²) in [6, 6.07) is 20.3. The summed E-state index contributed by atoms with van der Waals surface area (Å²) < 4.78 is 11.0. The summed E-state index contributed by atoms with van der Waals surface area (Å²) in [5.41, 5.74) is 9.44. The largest absolute Gasteiger partial charge is 0.497 e. The molecule has 0 saturated heterocycles. The molecule has 8 bridgehead atoms. The summed E-state index contributed by atoms with van der Waals surface area (Å²) in [7, 11) is 3.31. The van der Waals surface area contributed by atoms with Crippen molar-refractivity contribution in [2.45, 2.75) is 0 Å². The highest BCUT2D eigenvalue weighted by molar-refractivity contribution is 5.88. The summed E-state index contributed by atoms with van der Waals surface area (Å²) in [4.78, 5) is 16.5. The van der Waals surface area contributed by atoms with Gasteiger partial charge < -0.3 is 19.4 Å². The molecular formula is C28H22N4O2. The van der Waals surface area contributed by atoms with E-state index in [0.717, 1.165) is 67.5 Å². The van der Waals surface area contributed by atoms with E-state index in [9.17, 15) is 0 Å². The average molecular weight is 447 g/mol. The summed E-state index contributed by atoms with van der Waals surface area (Å²) in [6.45, 7) is 0. The van der Waals surface area contributed by atoms with Crippen molar-refractivity contribution in [3.63, 3.8) is 0 Å². The molecule has 2 N–H and O–H groups in total. The Bertz CT molecular complexity index is 1620. The molecule has 4 aromatic rings. The summed E-state index contributed by atoms with van der Waals surface area (Å²) in [5.74, 6) is 1.47. The normalized spacial score (nSPS) is 12.2. The number of nitrogens with one attached hydrogen (secondary N) is 2. The van der Waals surface area contributed by atoms with Gasteiger partial charge in [0.15, 0.2) is 0 Å². The highest BCUT2D eigenvalue weighted by Gasteiger charge is 2.10. The maximum atomic E-state index is 5.50. The molecule has 0 unspecified atom stereocenters. The molecule has 0 spiro atoms. The molecule has 6 rings (SSSR count). The van der Waals surface area contributed by atoms with Gasteiger partial charge in [-0.3, -0.25) is 0 Å². The van der Waals surface area contributed by atoms with E-state index < -0.39 is 0 Å². The van der Waals surface area contributed by atoms with E-state index in [0.29, 0.717) is 0 Å². The van der Waals surface area contributed by atoms with Crippen molar-refractivity contribution in [1.82, 2.24) is 19.9 Å². The van der Waals surface area contributed by atoms with Crippen LogP contribution in [-0.4, -0.2) is 34.2 Å². The van der Waals surface area contributed by atoms with Gasteiger partial charge in [0.1, 0.15) is 11.5 Å². The van der Waals surface area contributed by atoms with Gasteiger partial charge in [0.05, 0.1) is 37.0 Å². The molecule has 5 heterocycles. The highest BCUT2D eigenvalue weighted by atomic mass is 16.5. The lowest BCUT2D eigenvalue weighted by molar-refractivity contribution is 0.394. The monoisotopic (exact) mass is 446 g/mol. The van der Waals surface area contributed by atoms with Crippen molar-refractivity contribution in [1.29, 1.82) is 0 Å². The zero-order valence-electron chi connectivity index (χ0n) is 18.8. The maximum absolute atomic E-state index is 5.50. The number of aromatic amines is 2. The molecular weight excluding hydrogens is 424 g/mol. The Kier molecular flexibility index (Phi) is 4.77. The molecule has 3 aromatic heterocycles. The van der Waals surface area contributed by atoms with E-state index in [4.69, 9.17) is 14.5 Å². The van der Waals surface area contributed by atoms with Gasteiger partial charge in [0.25, 0.3) is 0 Å². The fourth-order valence-electron chi connectivity index (χ4n) is 4.22. The van der Waals surface area contributed by atoms with Gasteiger partial charge in [-0.15, -0.1) is 0 Å². The first-order valence-electron chi connectivity index (χ1n) is 11.0. The minimum Gasteiger partial charge on any atom is -0.497 e. The van der Waals surface area contributed by atoms with Crippen molar-refractivity contribution >= 4 is 46.4 Å². The van der Waals surface area contributed by atoms with E-state index in [1.54, 1.807) is 14.2 Å². The van der Waals surface area contributed by atoms with Crippen LogP contribution in [0.4, 0.5) is 0 Å². The Labute approximate surface area is 196 Å². The van der Waals surface area contributed by atoms with E-state index in [2.05, 4.69) is 45.3 Å². The number of hydrogen-bond acceptors (Lipinski definition) is 4. The second-order valence-corrected chi connectivity index (χ2v) is 8.19. The van der Waals surface area contributed by atoms with E-state index in [1.807, 2.05) is 54.6 Å². The number of aromatic nitrogens is 4. The van der Waals surface area contributed by atoms with E-state index in [-0.39, 0.29) is 0 Å². The molecule has 0 atom stereocenters. The molecule has 0 fully saturated rings. The second kappa shape index (κ2) is 8.08. The third kappa shape index (κ3) is 3.86. The van der Waals surface area contributed by atoms with Crippen LogP contribution in [-0.2, 0) is 0 Å². The molecule has 2 aliphatic heterocycles. The van der Waals surface area contributed by atoms with Crippen LogP contribution < -0.4 is 9.47 Å². The molecule has 0 amide bonds. The van der Waals surface area contributed by atoms with Gasteiger partial charge in [-0.2, -0.15) is 0 Å². The van der Waals surface area contributed by atoms with Crippen LogP contribution >= 0.6 is 0 Å². The van der Waals surface area contributed by atoms with Gasteiger partial charge in [-0.05, 0) is 84.5 Å². The van der Waals surface area contributed by atoms with Crippen molar-refractivity contribution in [2.24, 2.45) is 0 Å². The highest BCUT2D eigenvalue weighted by Crippen LogP contribution is 2.33. The first-order valence-corrected chi connectivity index (χ1v) is 11.0. The second-order valence-electron chi connectivity index (χ2n) is 8.19. The van der Waals surface area contributed by atoms with Crippen LogP contribution in [0.15, 0.2) is 60.7 Å². The van der Waals surface area contributed by atoms with Crippen molar-refractivity contribution in [3.05, 3.63) is 83.4 Å². The molecule has 0 aliphatic carbocycles. The van der Waals surface area contributed by atoms with Gasteiger partial charge in [0, 0.05) is 33.7 Å². The predicted molar refractivity (Wildman–Crippen MR) is 137 cm³/mol. The molecule has 166 valence electrons. The SMILES string of the molecule is COc1cc(OC)cc(-c2cc3cc4ccc(cc5nc(cc6nc(cc2[nH]3)C=C6)C=C5)[nH]4)c1. The standard InChI is InChI=1S/C28H22N4O2/c1-33-25-9-17(10-26(16-25)34-2)27-14-24-13-22-6-5-20(30-22)11-18-3-4-19(29-18)12-21-7-8-23(31-21)15-28(27)32-24/h3-16,30,32H,1-2H3. The van der Waals surface area contributed by atoms with Gasteiger partial charge in [-0.25, -0.2) is 9.97 Å². The Morgan fingerprint density at radius 3 is 1.79 bits per heavy atom. The Balaban J connectivity index is 1.65. The fourth-order valence-corrected chi connectivity index (χ4v) is 4.22. The zero-order chi connectivity index (χ0) is 23.1. The Morgan fingerprint density at radius 2 is 1.15 bits per heavy atom. The lowest BCUT2D eigenvalue weighted by Crippen LogP contribution is -1.88. The fraction of sp³-hybridized carbons (Fsp3) is 0.0714. The van der Waals surface area contributed by atoms with Crippen LogP contribution in [0.25, 0.3) is 57.5 Å². The third-order valence-electron chi connectivity index (χ3n) is 5.83. The van der Waals surface area contributed by atoms with Crippen LogP contribution in [0.3, 0.4) is 0 Å². The number of fused-ring (bicyclic) bond motifs is 8. The average Bonchev–Trinajstić information content (AvgIpc) is 3.64.